The number of hydrogen-bond acceptors (Lipinski definition) is 2. The van der Waals surface area contributed by atoms with Gasteiger partial charge >= 0.3 is 35.0 Å². The molecule has 0 amide bonds. The van der Waals surface area contributed by atoms with Gasteiger partial charge in [-0.05, 0) is 6.42 Å². The molecule has 0 rings (SSSR count). The molecule has 0 aliphatic heterocycles. The molecule has 2 N–H and O–H groups in total. The van der Waals surface area contributed by atoms with Gasteiger partial charge in [-0.3, -0.25) is 9.59 Å². The molecule has 4 nitrogen and oxygen atoms in total. The molecule has 0 aromatic heterocycles. The van der Waals surface area contributed by atoms with E-state index in [1.807, 2.05) is 0 Å². The molecule has 62 valence electrons. The third-order valence-corrected chi connectivity index (χ3v) is 1.17. The Morgan fingerprint density at radius 1 is 1.36 bits per heavy atom. The second-order valence-corrected chi connectivity index (χ2v) is 2.02. The maximum Gasteiger partial charge on any atom is 2.00 e. The third-order valence-electron chi connectivity index (χ3n) is 1.17. The zero-order valence-corrected chi connectivity index (χ0v) is 7.82. The monoisotopic (exact) mass is 172 g/mol. The van der Waals surface area contributed by atoms with Gasteiger partial charge in [0.25, 0.3) is 0 Å². The van der Waals surface area contributed by atoms with Gasteiger partial charge in [0, 0.05) is 0 Å². The number of carboxylic acids is 2. The van der Waals surface area contributed by atoms with Crippen LogP contribution in [0.3, 0.4) is 0 Å². The molecule has 0 saturated carbocycles. The van der Waals surface area contributed by atoms with Crippen molar-refractivity contribution in [3.63, 3.8) is 0 Å². The molecule has 0 atom stereocenters. The van der Waals surface area contributed by atoms with E-state index >= 15 is 0 Å². The molecule has 0 aliphatic rings. The quantitative estimate of drug-likeness (QED) is 0.476. The minimum Gasteiger partial charge on any atom is -1.00 e. The maximum atomic E-state index is 10.2. The van der Waals surface area contributed by atoms with Crippen molar-refractivity contribution < 1.29 is 22.7 Å². The summed E-state index contributed by atoms with van der Waals surface area (Å²) in [5, 5.41) is 16.6. The van der Waals surface area contributed by atoms with Crippen molar-refractivity contribution in [2.75, 3.05) is 0 Å². The van der Waals surface area contributed by atoms with Crippen molar-refractivity contribution in [1.29, 1.82) is 0 Å². The standard InChI is InChI=1S/C6H10O4.Mg.2H/c1-2-3-4(5(7)8)6(9)10;;;/h4H,2-3H2,1H3,(H,7,8)(H,9,10);;;/q;+2;2*-1. The number of carbonyl (C=O) groups is 2. The van der Waals surface area contributed by atoms with Crippen LogP contribution in [0.25, 0.3) is 0 Å². The zero-order chi connectivity index (χ0) is 8.15. The number of hydrogen-bond donors (Lipinski definition) is 2. The van der Waals surface area contributed by atoms with Crippen LogP contribution in [0, 0.1) is 5.92 Å². The maximum absolute atomic E-state index is 10.2. The smallest absolute Gasteiger partial charge is 1.00 e. The van der Waals surface area contributed by atoms with E-state index in [9.17, 15) is 9.59 Å². The number of carboxylic acid groups (broad SMARTS) is 2. The Morgan fingerprint density at radius 2 is 1.73 bits per heavy atom. The zero-order valence-electron chi connectivity index (χ0n) is 8.41. The molecule has 0 aromatic rings. The van der Waals surface area contributed by atoms with Gasteiger partial charge in [-0.1, -0.05) is 13.3 Å². The summed E-state index contributed by atoms with van der Waals surface area (Å²) < 4.78 is 0. The van der Waals surface area contributed by atoms with E-state index in [4.69, 9.17) is 10.2 Å². The Kier molecular flexibility index (Phi) is 7.76. The molecule has 0 heterocycles. The van der Waals surface area contributed by atoms with Crippen LogP contribution in [-0.4, -0.2) is 45.2 Å². The van der Waals surface area contributed by atoms with Crippen LogP contribution in [-0.2, 0) is 9.59 Å². The summed E-state index contributed by atoms with van der Waals surface area (Å²) in [4.78, 5) is 20.3. The Morgan fingerprint density at radius 3 is 1.82 bits per heavy atom. The average molecular weight is 172 g/mol. The fraction of sp³-hybridized carbons (Fsp3) is 0.667. The minimum atomic E-state index is -1.26. The van der Waals surface area contributed by atoms with E-state index in [-0.39, 0.29) is 32.3 Å². The summed E-state index contributed by atoms with van der Waals surface area (Å²) in [5.74, 6) is -3.74. The molecular formula is C6H12MgO4. The summed E-state index contributed by atoms with van der Waals surface area (Å²) in [6.45, 7) is 1.75. The number of aliphatic carboxylic acids is 2. The van der Waals surface area contributed by atoms with Crippen molar-refractivity contribution in [3.8, 4) is 0 Å². The van der Waals surface area contributed by atoms with E-state index < -0.39 is 17.9 Å². The van der Waals surface area contributed by atoms with Crippen molar-refractivity contribution in [2.45, 2.75) is 19.8 Å². The molecule has 0 spiro atoms. The molecule has 5 heteroatoms. The molecule has 11 heavy (non-hydrogen) atoms. The van der Waals surface area contributed by atoms with Crippen molar-refractivity contribution in [2.24, 2.45) is 5.92 Å². The van der Waals surface area contributed by atoms with Gasteiger partial charge in [-0.15, -0.1) is 0 Å². The summed E-state index contributed by atoms with van der Waals surface area (Å²) >= 11 is 0. The SMILES string of the molecule is CCCC(C(=O)O)C(=O)O.[H-].[H-].[Mg+2]. The molecular weight excluding hydrogens is 160 g/mol. The van der Waals surface area contributed by atoms with Crippen LogP contribution in [0.5, 0.6) is 0 Å². The minimum absolute atomic E-state index is 0. The molecule has 0 unspecified atom stereocenters. The van der Waals surface area contributed by atoms with E-state index in [2.05, 4.69) is 0 Å². The van der Waals surface area contributed by atoms with Crippen LogP contribution >= 0.6 is 0 Å². The van der Waals surface area contributed by atoms with E-state index in [1.165, 1.54) is 0 Å². The van der Waals surface area contributed by atoms with Crippen LogP contribution < -0.4 is 0 Å². The first kappa shape index (κ1) is 13.3. The predicted octanol–water partition coefficient (Wildman–Crippen LogP) is 0.416. The van der Waals surface area contributed by atoms with E-state index in [1.54, 1.807) is 6.92 Å². The molecule has 0 saturated heterocycles. The van der Waals surface area contributed by atoms with Crippen LogP contribution in [0.1, 0.15) is 22.6 Å². The van der Waals surface area contributed by atoms with Gasteiger partial charge < -0.3 is 13.1 Å². The van der Waals surface area contributed by atoms with Gasteiger partial charge in [-0.2, -0.15) is 0 Å². The molecule has 0 aliphatic carbocycles. The molecule has 0 radical (unpaired) electrons. The number of rotatable bonds is 4. The first-order chi connectivity index (χ1) is 4.59. The molecule has 0 aromatic carbocycles. The van der Waals surface area contributed by atoms with Crippen molar-refractivity contribution in [1.82, 2.24) is 0 Å². The summed E-state index contributed by atoms with van der Waals surface area (Å²) in [6.07, 6.45) is 0.772. The van der Waals surface area contributed by atoms with Crippen LogP contribution in [0.2, 0.25) is 0 Å². The van der Waals surface area contributed by atoms with Gasteiger partial charge in [0.2, 0.25) is 0 Å². The van der Waals surface area contributed by atoms with E-state index in [0.29, 0.717) is 6.42 Å². The molecule has 0 fully saturated rings. The second kappa shape index (κ2) is 6.42. The summed E-state index contributed by atoms with van der Waals surface area (Å²) in [7, 11) is 0. The van der Waals surface area contributed by atoms with Crippen molar-refractivity contribution >= 4 is 35.0 Å². The van der Waals surface area contributed by atoms with Crippen molar-refractivity contribution in [3.05, 3.63) is 0 Å². The topological polar surface area (TPSA) is 74.6 Å². The van der Waals surface area contributed by atoms with Gasteiger partial charge in [0.05, 0.1) is 0 Å². The first-order valence-corrected chi connectivity index (χ1v) is 3.05. The Bertz CT molecular complexity index is 140. The fourth-order valence-corrected chi connectivity index (χ4v) is 0.641. The largest absolute Gasteiger partial charge is 2.00 e. The second-order valence-electron chi connectivity index (χ2n) is 2.02. The average Bonchev–Trinajstić information content (AvgIpc) is 1.81. The normalized spacial score (nSPS) is 8.91. The van der Waals surface area contributed by atoms with Crippen LogP contribution in [0.15, 0.2) is 0 Å². The third kappa shape index (κ3) is 5.03. The van der Waals surface area contributed by atoms with Crippen LogP contribution in [0.4, 0.5) is 0 Å². The van der Waals surface area contributed by atoms with Gasteiger partial charge in [0.15, 0.2) is 5.92 Å². The van der Waals surface area contributed by atoms with Gasteiger partial charge in [0.1, 0.15) is 0 Å². The van der Waals surface area contributed by atoms with Gasteiger partial charge in [-0.25, -0.2) is 0 Å². The summed E-state index contributed by atoms with van der Waals surface area (Å²) in [5.41, 5.74) is 0. The Labute approximate surface area is 83.7 Å². The van der Waals surface area contributed by atoms with E-state index in [0.717, 1.165) is 0 Å². The fourth-order valence-electron chi connectivity index (χ4n) is 0.641. The Hall–Kier alpha value is -0.294. The first-order valence-electron chi connectivity index (χ1n) is 3.05. The molecule has 0 bridgehead atoms. The Balaban J connectivity index is -0.000000135. The summed E-state index contributed by atoms with van der Waals surface area (Å²) in [6, 6.07) is 0. The predicted molar refractivity (Wildman–Crippen MR) is 41.6 cm³/mol.